The molecule has 1 heterocycles. The van der Waals surface area contributed by atoms with Crippen molar-refractivity contribution in [1.29, 1.82) is 0 Å². The maximum absolute atomic E-state index is 12.5. The van der Waals surface area contributed by atoms with Crippen LogP contribution in [-0.4, -0.2) is 31.6 Å². The lowest BCUT2D eigenvalue weighted by atomic mass is 10.1. The van der Waals surface area contributed by atoms with Crippen molar-refractivity contribution >= 4 is 23.2 Å². The summed E-state index contributed by atoms with van der Waals surface area (Å²) in [6, 6.07) is 10.5. The minimum Gasteiger partial charge on any atom is -0.493 e. The van der Waals surface area contributed by atoms with Gasteiger partial charge in [-0.2, -0.15) is 0 Å². The molecule has 0 spiro atoms. The van der Waals surface area contributed by atoms with Gasteiger partial charge in [-0.25, -0.2) is 0 Å². The molecule has 0 fully saturated rings. The highest BCUT2D eigenvalue weighted by Gasteiger charge is 2.36. The Morgan fingerprint density at radius 3 is 2.59 bits per heavy atom. The van der Waals surface area contributed by atoms with Crippen molar-refractivity contribution in [2.24, 2.45) is 0 Å². The molecule has 7 nitrogen and oxygen atoms in total. The van der Waals surface area contributed by atoms with E-state index in [1.54, 1.807) is 64.5 Å². The molecule has 0 saturated carbocycles. The molecule has 2 aromatic rings. The third-order valence-corrected chi connectivity index (χ3v) is 4.26. The van der Waals surface area contributed by atoms with Crippen LogP contribution in [0.25, 0.3) is 0 Å². The minimum atomic E-state index is -0.963. The van der Waals surface area contributed by atoms with Gasteiger partial charge in [0.15, 0.2) is 17.1 Å². The predicted octanol–water partition coefficient (Wildman–Crippen LogP) is 2.99. The van der Waals surface area contributed by atoms with Gasteiger partial charge in [-0.3, -0.25) is 9.59 Å². The minimum absolute atomic E-state index is 0.143. The average molecular weight is 370 g/mol. The number of anilines is 2. The molecule has 2 aromatic carbocycles. The molecule has 1 aliphatic rings. The Kier molecular flexibility index (Phi) is 4.94. The van der Waals surface area contributed by atoms with E-state index < -0.39 is 5.60 Å². The molecule has 0 unspecified atom stereocenters. The van der Waals surface area contributed by atoms with E-state index in [9.17, 15) is 9.59 Å². The third kappa shape index (κ3) is 3.81. The standard InChI is InChI=1S/C20H22N2O5/c1-20(2)19(24)22-18-13(6-5-7-15(18)27-20)21-17(23)11-12-8-9-14(25-3)16(10-12)26-4/h5-10H,11H2,1-4H3,(H,21,23)(H,22,24). The lowest BCUT2D eigenvalue weighted by Gasteiger charge is -2.32. The van der Waals surface area contributed by atoms with Crippen LogP contribution in [0.15, 0.2) is 36.4 Å². The van der Waals surface area contributed by atoms with Crippen molar-refractivity contribution in [2.75, 3.05) is 24.9 Å². The summed E-state index contributed by atoms with van der Waals surface area (Å²) in [7, 11) is 3.10. The summed E-state index contributed by atoms with van der Waals surface area (Å²) in [5.41, 5.74) is 0.760. The first-order chi connectivity index (χ1) is 12.8. The van der Waals surface area contributed by atoms with Crippen LogP contribution < -0.4 is 24.8 Å². The van der Waals surface area contributed by atoms with Crippen molar-refractivity contribution in [1.82, 2.24) is 0 Å². The van der Waals surface area contributed by atoms with Gasteiger partial charge in [-0.1, -0.05) is 12.1 Å². The zero-order chi connectivity index (χ0) is 19.6. The van der Waals surface area contributed by atoms with Gasteiger partial charge >= 0.3 is 0 Å². The first-order valence-electron chi connectivity index (χ1n) is 8.48. The number of methoxy groups -OCH3 is 2. The Morgan fingerprint density at radius 2 is 1.89 bits per heavy atom. The molecule has 142 valence electrons. The Morgan fingerprint density at radius 1 is 1.15 bits per heavy atom. The van der Waals surface area contributed by atoms with Gasteiger partial charge in [0.2, 0.25) is 5.91 Å². The smallest absolute Gasteiger partial charge is 0.268 e. The normalized spacial score (nSPS) is 14.4. The van der Waals surface area contributed by atoms with E-state index in [4.69, 9.17) is 14.2 Å². The molecule has 2 amide bonds. The van der Waals surface area contributed by atoms with Crippen molar-refractivity contribution in [3.63, 3.8) is 0 Å². The largest absolute Gasteiger partial charge is 0.493 e. The molecule has 0 atom stereocenters. The molecule has 0 bridgehead atoms. The summed E-state index contributed by atoms with van der Waals surface area (Å²) in [6.07, 6.45) is 0.143. The van der Waals surface area contributed by atoms with Crippen LogP contribution in [0.4, 0.5) is 11.4 Å². The lowest BCUT2D eigenvalue weighted by Crippen LogP contribution is -2.45. The SMILES string of the molecule is COc1ccc(CC(=O)Nc2cccc3c2NC(=O)C(C)(C)O3)cc1OC. The Labute approximate surface area is 157 Å². The number of rotatable bonds is 5. The van der Waals surface area contributed by atoms with Crippen molar-refractivity contribution in [3.8, 4) is 17.2 Å². The number of hydrogen-bond donors (Lipinski definition) is 2. The highest BCUT2D eigenvalue weighted by molar-refractivity contribution is 6.06. The number of hydrogen-bond acceptors (Lipinski definition) is 5. The van der Waals surface area contributed by atoms with Crippen LogP contribution in [0.3, 0.4) is 0 Å². The summed E-state index contributed by atoms with van der Waals surface area (Å²) in [5, 5.41) is 5.63. The van der Waals surface area contributed by atoms with Crippen LogP contribution in [0.2, 0.25) is 0 Å². The second-order valence-electron chi connectivity index (χ2n) is 6.66. The van der Waals surface area contributed by atoms with Crippen molar-refractivity contribution < 1.29 is 23.8 Å². The lowest BCUT2D eigenvalue weighted by molar-refractivity contribution is -0.129. The summed E-state index contributed by atoms with van der Waals surface area (Å²) >= 11 is 0. The van der Waals surface area contributed by atoms with Crippen molar-refractivity contribution in [2.45, 2.75) is 25.9 Å². The van der Waals surface area contributed by atoms with Crippen LogP contribution in [0.1, 0.15) is 19.4 Å². The second kappa shape index (κ2) is 7.19. The van der Waals surface area contributed by atoms with Crippen LogP contribution in [0, 0.1) is 0 Å². The number of carbonyl (C=O) groups is 2. The van der Waals surface area contributed by atoms with E-state index in [-0.39, 0.29) is 18.2 Å². The van der Waals surface area contributed by atoms with Crippen molar-refractivity contribution in [3.05, 3.63) is 42.0 Å². The number of fused-ring (bicyclic) bond motifs is 1. The number of carbonyl (C=O) groups excluding carboxylic acids is 2. The van der Waals surface area contributed by atoms with Crippen LogP contribution in [-0.2, 0) is 16.0 Å². The number of amides is 2. The number of benzene rings is 2. The zero-order valence-corrected chi connectivity index (χ0v) is 15.7. The predicted molar refractivity (Wildman–Crippen MR) is 102 cm³/mol. The maximum atomic E-state index is 12.5. The van der Waals surface area contributed by atoms with E-state index in [0.29, 0.717) is 28.6 Å². The second-order valence-corrected chi connectivity index (χ2v) is 6.66. The Balaban J connectivity index is 1.77. The maximum Gasteiger partial charge on any atom is 0.268 e. The number of nitrogens with one attached hydrogen (secondary N) is 2. The number of ether oxygens (including phenoxy) is 3. The third-order valence-electron chi connectivity index (χ3n) is 4.26. The summed E-state index contributed by atoms with van der Waals surface area (Å²) in [5.74, 6) is 1.18. The summed E-state index contributed by atoms with van der Waals surface area (Å²) in [6.45, 7) is 3.38. The topological polar surface area (TPSA) is 85.9 Å². The molecule has 7 heteroatoms. The van der Waals surface area contributed by atoms with E-state index in [0.717, 1.165) is 5.56 Å². The van der Waals surface area contributed by atoms with Gasteiger partial charge in [0.1, 0.15) is 11.4 Å². The average Bonchev–Trinajstić information content (AvgIpc) is 2.63. The molecule has 3 rings (SSSR count). The fourth-order valence-electron chi connectivity index (χ4n) is 2.80. The molecule has 0 radical (unpaired) electrons. The molecule has 1 aliphatic heterocycles. The molecule has 2 N–H and O–H groups in total. The highest BCUT2D eigenvalue weighted by Crippen LogP contribution is 2.39. The van der Waals surface area contributed by atoms with Crippen LogP contribution in [0.5, 0.6) is 17.2 Å². The van der Waals surface area contributed by atoms with Gasteiger partial charge in [0, 0.05) is 0 Å². The van der Waals surface area contributed by atoms with Gasteiger partial charge in [0.25, 0.3) is 5.91 Å². The molecule has 0 aromatic heterocycles. The van der Waals surface area contributed by atoms with Gasteiger partial charge in [-0.15, -0.1) is 0 Å². The van der Waals surface area contributed by atoms with E-state index in [2.05, 4.69) is 10.6 Å². The zero-order valence-electron chi connectivity index (χ0n) is 15.7. The molecule has 0 aliphatic carbocycles. The van der Waals surface area contributed by atoms with E-state index >= 15 is 0 Å². The molecular weight excluding hydrogens is 348 g/mol. The molecule has 27 heavy (non-hydrogen) atoms. The fourth-order valence-corrected chi connectivity index (χ4v) is 2.80. The monoisotopic (exact) mass is 370 g/mol. The fraction of sp³-hybridized carbons (Fsp3) is 0.300. The van der Waals surface area contributed by atoms with Gasteiger partial charge < -0.3 is 24.8 Å². The van der Waals surface area contributed by atoms with Crippen LogP contribution >= 0.6 is 0 Å². The number of para-hydroxylation sites is 1. The van der Waals surface area contributed by atoms with Gasteiger partial charge in [0.05, 0.1) is 26.3 Å². The van der Waals surface area contributed by atoms with Gasteiger partial charge in [-0.05, 0) is 43.7 Å². The quantitative estimate of drug-likeness (QED) is 0.845. The first-order valence-corrected chi connectivity index (χ1v) is 8.48. The molecular formula is C20H22N2O5. The van der Waals surface area contributed by atoms with E-state index in [1.807, 2.05) is 0 Å². The molecule has 0 saturated heterocycles. The van der Waals surface area contributed by atoms with E-state index in [1.165, 1.54) is 0 Å². The Bertz CT molecular complexity index is 892. The first kappa shape index (κ1) is 18.6. The summed E-state index contributed by atoms with van der Waals surface area (Å²) in [4.78, 5) is 24.7. The Hall–Kier alpha value is -3.22. The highest BCUT2D eigenvalue weighted by atomic mass is 16.5. The summed E-state index contributed by atoms with van der Waals surface area (Å²) < 4.78 is 16.2.